The summed E-state index contributed by atoms with van der Waals surface area (Å²) < 4.78 is 16.2. The van der Waals surface area contributed by atoms with Crippen molar-refractivity contribution in [3.63, 3.8) is 0 Å². The van der Waals surface area contributed by atoms with Crippen LogP contribution < -0.4 is 0 Å². The van der Waals surface area contributed by atoms with Crippen LogP contribution in [0.3, 0.4) is 0 Å². The minimum Gasteiger partial charge on any atom is -0.466 e. The Bertz CT molecular complexity index is 1120. The summed E-state index contributed by atoms with van der Waals surface area (Å²) in [4.78, 5) is 25.8. The van der Waals surface area contributed by atoms with E-state index in [0.717, 1.165) is 38.9 Å². The summed E-state index contributed by atoms with van der Waals surface area (Å²) in [5.41, 5.74) is 6.84. The Morgan fingerprint density at radius 2 is 1.36 bits per heavy atom. The number of ether oxygens (including phenoxy) is 3. The monoisotopic (exact) mass is 448 g/mol. The molecular weight excluding hydrogens is 416 g/mol. The summed E-state index contributed by atoms with van der Waals surface area (Å²) in [6.45, 7) is 12.1. The molecule has 1 aliphatic heterocycles. The standard InChI is InChI=1S/C28H32O5/c1-16-11-18(3)22(19(4)12-16)9-10-28(27(30)32-8)23(15-24(33-28)26(29)31-7)25-20(5)13-17(2)14-21(25)6/h9-15,23H,1-8H3/b10-9+/t23-,28+/m1/s1. The van der Waals surface area contributed by atoms with E-state index >= 15 is 0 Å². The highest BCUT2D eigenvalue weighted by Gasteiger charge is 2.54. The first-order chi connectivity index (χ1) is 15.5. The molecule has 1 heterocycles. The van der Waals surface area contributed by atoms with Crippen molar-refractivity contribution in [3.05, 3.63) is 86.7 Å². The number of benzene rings is 2. The molecule has 0 amide bonds. The fourth-order valence-electron chi connectivity index (χ4n) is 4.94. The lowest BCUT2D eigenvalue weighted by Gasteiger charge is -2.31. The van der Waals surface area contributed by atoms with Gasteiger partial charge in [-0.25, -0.2) is 9.59 Å². The van der Waals surface area contributed by atoms with Gasteiger partial charge in [0.05, 0.1) is 20.1 Å². The van der Waals surface area contributed by atoms with E-state index in [-0.39, 0.29) is 5.76 Å². The van der Waals surface area contributed by atoms with Crippen LogP contribution in [0.1, 0.15) is 50.4 Å². The molecular formula is C28H32O5. The second-order valence-electron chi connectivity index (χ2n) is 8.85. The van der Waals surface area contributed by atoms with Crippen LogP contribution >= 0.6 is 0 Å². The Hall–Kier alpha value is -3.34. The van der Waals surface area contributed by atoms with Crippen molar-refractivity contribution >= 4 is 18.0 Å². The maximum Gasteiger partial charge on any atom is 0.373 e. The zero-order chi connectivity index (χ0) is 24.5. The normalized spacial score (nSPS) is 19.9. The number of hydrogen-bond acceptors (Lipinski definition) is 5. The largest absolute Gasteiger partial charge is 0.466 e. The molecule has 0 aliphatic carbocycles. The van der Waals surface area contributed by atoms with Crippen molar-refractivity contribution in [1.82, 2.24) is 0 Å². The Morgan fingerprint density at radius 1 is 0.848 bits per heavy atom. The van der Waals surface area contributed by atoms with Crippen LogP contribution in [0.5, 0.6) is 0 Å². The van der Waals surface area contributed by atoms with Crippen LogP contribution in [-0.4, -0.2) is 31.8 Å². The van der Waals surface area contributed by atoms with Gasteiger partial charge in [-0.2, -0.15) is 0 Å². The molecule has 0 saturated heterocycles. The molecule has 0 bridgehead atoms. The van der Waals surface area contributed by atoms with Crippen LogP contribution in [0, 0.1) is 41.5 Å². The highest BCUT2D eigenvalue weighted by atomic mass is 16.6. The van der Waals surface area contributed by atoms with E-state index in [9.17, 15) is 9.59 Å². The minimum absolute atomic E-state index is 0.00530. The first-order valence-electron chi connectivity index (χ1n) is 11.0. The van der Waals surface area contributed by atoms with Crippen molar-refractivity contribution in [2.45, 2.75) is 53.1 Å². The zero-order valence-corrected chi connectivity index (χ0v) is 20.7. The number of carbonyl (C=O) groups excluding carboxylic acids is 2. The topological polar surface area (TPSA) is 61.8 Å². The number of rotatable bonds is 5. The molecule has 0 fully saturated rings. The van der Waals surface area contributed by atoms with Crippen molar-refractivity contribution in [2.24, 2.45) is 0 Å². The van der Waals surface area contributed by atoms with Gasteiger partial charge in [-0.3, -0.25) is 0 Å². The zero-order valence-electron chi connectivity index (χ0n) is 20.7. The number of methoxy groups -OCH3 is 2. The molecule has 2 aromatic carbocycles. The van der Waals surface area contributed by atoms with Gasteiger partial charge in [0.1, 0.15) is 0 Å². The Kier molecular flexibility index (Phi) is 6.82. The maximum atomic E-state index is 13.3. The third-order valence-electron chi connectivity index (χ3n) is 6.23. The third-order valence-corrected chi connectivity index (χ3v) is 6.23. The van der Waals surface area contributed by atoms with Gasteiger partial charge in [-0.1, -0.05) is 41.5 Å². The fraction of sp³-hybridized carbons (Fsp3) is 0.357. The average Bonchev–Trinajstić information content (AvgIpc) is 3.11. The molecule has 2 aromatic rings. The van der Waals surface area contributed by atoms with Gasteiger partial charge >= 0.3 is 11.9 Å². The van der Waals surface area contributed by atoms with E-state index < -0.39 is 23.5 Å². The molecule has 0 unspecified atom stereocenters. The van der Waals surface area contributed by atoms with E-state index in [1.165, 1.54) is 19.8 Å². The quantitative estimate of drug-likeness (QED) is 0.579. The fourth-order valence-corrected chi connectivity index (χ4v) is 4.94. The van der Waals surface area contributed by atoms with Gasteiger partial charge in [-0.15, -0.1) is 0 Å². The van der Waals surface area contributed by atoms with E-state index in [2.05, 4.69) is 31.2 Å². The number of hydrogen-bond donors (Lipinski definition) is 0. The molecule has 174 valence electrons. The molecule has 2 atom stereocenters. The Morgan fingerprint density at radius 3 is 1.85 bits per heavy atom. The number of carbonyl (C=O) groups is 2. The van der Waals surface area contributed by atoms with Gasteiger partial charge < -0.3 is 14.2 Å². The van der Waals surface area contributed by atoms with E-state index in [1.807, 2.05) is 40.7 Å². The van der Waals surface area contributed by atoms with Gasteiger partial charge in [0.15, 0.2) is 0 Å². The van der Waals surface area contributed by atoms with Crippen LogP contribution in [0.15, 0.2) is 42.2 Å². The summed E-state index contributed by atoms with van der Waals surface area (Å²) in [5.74, 6) is -1.79. The molecule has 5 heteroatoms. The number of aryl methyl sites for hydroxylation is 6. The Balaban J connectivity index is 2.26. The predicted octanol–water partition coefficient (Wildman–Crippen LogP) is 5.33. The molecule has 0 aromatic heterocycles. The lowest BCUT2D eigenvalue weighted by molar-refractivity contribution is -0.160. The second kappa shape index (κ2) is 9.26. The molecule has 1 aliphatic rings. The predicted molar refractivity (Wildman–Crippen MR) is 129 cm³/mol. The summed E-state index contributed by atoms with van der Waals surface area (Å²) in [7, 11) is 2.61. The highest BCUT2D eigenvalue weighted by Crippen LogP contribution is 2.46. The van der Waals surface area contributed by atoms with Gasteiger partial charge in [0.2, 0.25) is 11.4 Å². The summed E-state index contributed by atoms with van der Waals surface area (Å²) >= 11 is 0. The second-order valence-corrected chi connectivity index (χ2v) is 8.85. The minimum atomic E-state index is -1.55. The van der Waals surface area contributed by atoms with Crippen molar-refractivity contribution in [3.8, 4) is 0 Å². The van der Waals surface area contributed by atoms with Gasteiger partial charge in [0.25, 0.3) is 0 Å². The van der Waals surface area contributed by atoms with Gasteiger partial charge in [-0.05, 0) is 87.1 Å². The van der Waals surface area contributed by atoms with E-state index in [1.54, 1.807) is 12.2 Å². The summed E-state index contributed by atoms with van der Waals surface area (Å²) in [5, 5.41) is 0. The van der Waals surface area contributed by atoms with Crippen molar-refractivity contribution in [2.75, 3.05) is 14.2 Å². The molecule has 5 nitrogen and oxygen atoms in total. The first kappa shape index (κ1) is 24.3. The highest BCUT2D eigenvalue weighted by molar-refractivity contribution is 5.93. The smallest absolute Gasteiger partial charge is 0.373 e. The number of esters is 2. The molecule has 0 saturated carbocycles. The molecule has 33 heavy (non-hydrogen) atoms. The van der Waals surface area contributed by atoms with E-state index in [4.69, 9.17) is 14.2 Å². The average molecular weight is 449 g/mol. The lowest BCUT2D eigenvalue weighted by atomic mass is 9.78. The van der Waals surface area contributed by atoms with Crippen LogP contribution in [0.25, 0.3) is 6.08 Å². The van der Waals surface area contributed by atoms with Crippen molar-refractivity contribution in [1.29, 1.82) is 0 Å². The van der Waals surface area contributed by atoms with Crippen LogP contribution in [0.4, 0.5) is 0 Å². The third kappa shape index (κ3) is 4.45. The SMILES string of the molecule is COC(=O)C1=C[C@H](c2c(C)cc(C)cc2C)[C@@](/C=C/c2c(C)cc(C)cc2C)(C(=O)OC)O1. The molecule has 0 N–H and O–H groups in total. The van der Waals surface area contributed by atoms with Crippen molar-refractivity contribution < 1.29 is 23.8 Å². The van der Waals surface area contributed by atoms with Gasteiger partial charge in [0, 0.05) is 0 Å². The lowest BCUT2D eigenvalue weighted by Crippen LogP contribution is -2.43. The van der Waals surface area contributed by atoms with E-state index in [0.29, 0.717) is 0 Å². The maximum absolute atomic E-state index is 13.3. The summed E-state index contributed by atoms with van der Waals surface area (Å²) in [6.07, 6.45) is 5.28. The molecule has 3 rings (SSSR count). The molecule has 0 radical (unpaired) electrons. The van der Waals surface area contributed by atoms with Crippen LogP contribution in [-0.2, 0) is 23.8 Å². The molecule has 0 spiro atoms. The first-order valence-corrected chi connectivity index (χ1v) is 11.0. The Labute approximate surface area is 196 Å². The summed E-state index contributed by atoms with van der Waals surface area (Å²) in [6, 6.07) is 8.31. The van der Waals surface area contributed by atoms with Crippen LogP contribution in [0.2, 0.25) is 0 Å².